The number of unbranched alkanes of at least 4 members (excludes halogenated alkanes) is 1. The molecule has 0 spiro atoms. The molecule has 100 valence electrons. The van der Waals surface area contributed by atoms with E-state index in [-0.39, 0.29) is 6.16 Å². The predicted octanol–water partition coefficient (Wildman–Crippen LogP) is 2.58. The molecular weight excluding hydrogens is 245 g/mol. The predicted molar refractivity (Wildman–Crippen MR) is 65.2 cm³/mol. The fourth-order valence-corrected chi connectivity index (χ4v) is 2.16. The molecule has 0 unspecified atom stereocenters. The molecule has 0 aliphatic carbocycles. The van der Waals surface area contributed by atoms with Crippen LogP contribution in [-0.2, 0) is 23.2 Å². The van der Waals surface area contributed by atoms with Gasteiger partial charge in [0.15, 0.2) is 0 Å². The van der Waals surface area contributed by atoms with Crippen LogP contribution in [0.5, 0.6) is 0 Å². The number of carbonyl (C=O) groups excluding carboxylic acids is 1. The van der Waals surface area contributed by atoms with Gasteiger partial charge in [0.2, 0.25) is 0 Å². The van der Waals surface area contributed by atoms with Gasteiger partial charge in [-0.15, -0.1) is 0 Å². The SMILES string of the molecule is CCCCC(CP(=O)(OC)OC)=NOC(C)=O. The maximum Gasteiger partial charge on any atom is 0.335 e. The van der Waals surface area contributed by atoms with Gasteiger partial charge in [0, 0.05) is 21.1 Å². The molecule has 0 rings (SSSR count). The standard InChI is InChI=1S/C10H20NO5P/c1-5-6-7-10(11-16-9(2)12)8-17(13,14-3)15-4/h5-8H2,1-4H3. The molecule has 17 heavy (non-hydrogen) atoms. The number of hydrogen-bond acceptors (Lipinski definition) is 6. The van der Waals surface area contributed by atoms with Gasteiger partial charge in [-0.25, -0.2) is 4.79 Å². The monoisotopic (exact) mass is 265 g/mol. The summed E-state index contributed by atoms with van der Waals surface area (Å²) in [6.07, 6.45) is 2.46. The molecule has 0 aromatic heterocycles. The summed E-state index contributed by atoms with van der Waals surface area (Å²) >= 11 is 0. The Balaban J connectivity index is 4.62. The summed E-state index contributed by atoms with van der Waals surface area (Å²) in [7, 11) is -0.533. The Morgan fingerprint density at radius 3 is 2.29 bits per heavy atom. The number of rotatable bonds is 8. The van der Waals surface area contributed by atoms with E-state index in [1.807, 2.05) is 6.92 Å². The van der Waals surface area contributed by atoms with E-state index in [0.717, 1.165) is 12.8 Å². The van der Waals surface area contributed by atoms with Crippen LogP contribution in [0.15, 0.2) is 5.16 Å². The van der Waals surface area contributed by atoms with Crippen LogP contribution in [0.2, 0.25) is 0 Å². The topological polar surface area (TPSA) is 74.2 Å². The molecule has 0 saturated carbocycles. The molecule has 0 N–H and O–H groups in total. The Kier molecular flexibility index (Phi) is 8.04. The highest BCUT2D eigenvalue weighted by atomic mass is 31.2. The molecule has 0 atom stereocenters. The van der Waals surface area contributed by atoms with Crippen LogP contribution in [0.4, 0.5) is 0 Å². The lowest BCUT2D eigenvalue weighted by molar-refractivity contribution is -0.140. The van der Waals surface area contributed by atoms with Crippen molar-refractivity contribution >= 4 is 19.3 Å². The lowest BCUT2D eigenvalue weighted by Crippen LogP contribution is -2.10. The van der Waals surface area contributed by atoms with Gasteiger partial charge in [-0.05, 0) is 12.8 Å². The highest BCUT2D eigenvalue weighted by molar-refractivity contribution is 7.54. The quantitative estimate of drug-likeness (QED) is 0.292. The third-order valence-electron chi connectivity index (χ3n) is 2.05. The van der Waals surface area contributed by atoms with Crippen molar-refractivity contribution in [2.24, 2.45) is 5.16 Å². The van der Waals surface area contributed by atoms with E-state index in [0.29, 0.717) is 12.1 Å². The van der Waals surface area contributed by atoms with E-state index in [9.17, 15) is 9.36 Å². The first-order valence-electron chi connectivity index (χ1n) is 5.41. The van der Waals surface area contributed by atoms with E-state index >= 15 is 0 Å². The second-order valence-corrected chi connectivity index (χ2v) is 5.75. The van der Waals surface area contributed by atoms with Crippen molar-refractivity contribution in [3.05, 3.63) is 0 Å². The minimum Gasteiger partial charge on any atom is -0.319 e. The van der Waals surface area contributed by atoms with Gasteiger partial charge < -0.3 is 13.9 Å². The van der Waals surface area contributed by atoms with Gasteiger partial charge in [-0.3, -0.25) is 4.57 Å². The smallest absolute Gasteiger partial charge is 0.319 e. The van der Waals surface area contributed by atoms with Gasteiger partial charge in [0.25, 0.3) is 0 Å². The van der Waals surface area contributed by atoms with E-state index in [2.05, 4.69) is 9.99 Å². The lowest BCUT2D eigenvalue weighted by Gasteiger charge is -2.14. The second kappa shape index (κ2) is 8.39. The number of carbonyl (C=O) groups is 1. The number of nitrogens with zero attached hydrogens (tertiary/aromatic N) is 1. The van der Waals surface area contributed by atoms with Crippen molar-refractivity contribution < 1.29 is 23.2 Å². The molecule has 7 heteroatoms. The van der Waals surface area contributed by atoms with Crippen LogP contribution in [-0.4, -0.2) is 32.1 Å². The average Bonchev–Trinajstić information content (AvgIpc) is 2.32. The van der Waals surface area contributed by atoms with Crippen LogP contribution in [0.1, 0.15) is 33.1 Å². The second-order valence-electron chi connectivity index (χ2n) is 3.48. The zero-order valence-electron chi connectivity index (χ0n) is 10.8. The fourth-order valence-electron chi connectivity index (χ4n) is 1.09. The van der Waals surface area contributed by atoms with Gasteiger partial charge in [-0.1, -0.05) is 18.5 Å². The molecule has 6 nitrogen and oxygen atoms in total. The molecule has 0 saturated heterocycles. The average molecular weight is 265 g/mol. The molecule has 0 radical (unpaired) electrons. The number of hydrogen-bond donors (Lipinski definition) is 0. The van der Waals surface area contributed by atoms with Crippen molar-refractivity contribution in [3.63, 3.8) is 0 Å². The van der Waals surface area contributed by atoms with Crippen molar-refractivity contribution in [3.8, 4) is 0 Å². The Morgan fingerprint density at radius 1 is 1.29 bits per heavy atom. The first-order chi connectivity index (χ1) is 7.97. The van der Waals surface area contributed by atoms with Crippen molar-refractivity contribution in [2.45, 2.75) is 33.1 Å². The molecular formula is C10H20NO5P. The van der Waals surface area contributed by atoms with Crippen LogP contribution in [0.25, 0.3) is 0 Å². The zero-order valence-corrected chi connectivity index (χ0v) is 11.7. The Bertz CT molecular complexity index is 308. The maximum atomic E-state index is 11.9. The van der Waals surface area contributed by atoms with Crippen LogP contribution < -0.4 is 0 Å². The maximum absolute atomic E-state index is 11.9. The largest absolute Gasteiger partial charge is 0.335 e. The summed E-state index contributed by atoms with van der Waals surface area (Å²) in [5.74, 6) is -0.510. The molecule has 0 fully saturated rings. The summed E-state index contributed by atoms with van der Waals surface area (Å²) in [6, 6.07) is 0. The normalized spacial score (nSPS) is 12.6. The third kappa shape index (κ3) is 7.26. The fraction of sp³-hybridized carbons (Fsp3) is 0.800. The summed E-state index contributed by atoms with van der Waals surface area (Å²) in [4.78, 5) is 15.2. The van der Waals surface area contributed by atoms with Crippen LogP contribution >= 0.6 is 7.60 Å². The third-order valence-corrected chi connectivity index (χ3v) is 3.92. The zero-order chi connectivity index (χ0) is 13.3. The molecule has 0 aromatic carbocycles. The van der Waals surface area contributed by atoms with Crippen LogP contribution in [0.3, 0.4) is 0 Å². The first-order valence-corrected chi connectivity index (χ1v) is 7.14. The summed E-state index contributed by atoms with van der Waals surface area (Å²) in [5, 5.41) is 3.68. The molecule has 0 aliphatic rings. The van der Waals surface area contributed by atoms with Crippen LogP contribution in [0, 0.1) is 0 Å². The highest BCUT2D eigenvalue weighted by Gasteiger charge is 2.24. The van der Waals surface area contributed by atoms with Gasteiger partial charge in [-0.2, -0.15) is 0 Å². The van der Waals surface area contributed by atoms with E-state index in [4.69, 9.17) is 9.05 Å². The van der Waals surface area contributed by atoms with E-state index in [1.165, 1.54) is 21.1 Å². The molecule has 0 aromatic rings. The van der Waals surface area contributed by atoms with Gasteiger partial charge in [0.05, 0.1) is 11.9 Å². The van der Waals surface area contributed by atoms with Gasteiger partial charge in [0.1, 0.15) is 0 Å². The van der Waals surface area contributed by atoms with E-state index < -0.39 is 13.6 Å². The molecule has 0 heterocycles. The Hall–Kier alpha value is -0.710. The van der Waals surface area contributed by atoms with Crippen molar-refractivity contribution in [2.75, 3.05) is 20.4 Å². The lowest BCUT2D eigenvalue weighted by atomic mass is 10.2. The minimum atomic E-state index is -3.16. The number of oxime groups is 1. The first kappa shape index (κ1) is 16.3. The Labute approximate surface area is 102 Å². The minimum absolute atomic E-state index is 0.0350. The van der Waals surface area contributed by atoms with Crippen molar-refractivity contribution in [1.82, 2.24) is 0 Å². The summed E-state index contributed by atoms with van der Waals surface area (Å²) in [6.45, 7) is 3.28. The summed E-state index contributed by atoms with van der Waals surface area (Å²) in [5.41, 5.74) is 0.508. The molecule has 0 amide bonds. The Morgan fingerprint density at radius 2 is 1.88 bits per heavy atom. The molecule has 0 bridgehead atoms. The van der Waals surface area contributed by atoms with E-state index in [1.54, 1.807) is 0 Å². The van der Waals surface area contributed by atoms with Crippen molar-refractivity contribution in [1.29, 1.82) is 0 Å². The highest BCUT2D eigenvalue weighted by Crippen LogP contribution is 2.46. The van der Waals surface area contributed by atoms with Gasteiger partial charge >= 0.3 is 13.6 Å². The summed E-state index contributed by atoms with van der Waals surface area (Å²) < 4.78 is 21.5. The molecule has 0 aliphatic heterocycles.